The summed E-state index contributed by atoms with van der Waals surface area (Å²) in [4.78, 5) is 24.7. The zero-order valence-corrected chi connectivity index (χ0v) is 12.5. The Hall–Kier alpha value is -1.88. The van der Waals surface area contributed by atoms with Crippen molar-refractivity contribution in [1.82, 2.24) is 4.90 Å². The molecule has 0 aromatic heterocycles. The highest BCUT2D eigenvalue weighted by atomic mass is 16.5. The summed E-state index contributed by atoms with van der Waals surface area (Å²) in [5.41, 5.74) is 3.56. The molecule has 1 fully saturated rings. The average Bonchev–Trinajstić information content (AvgIpc) is 2.46. The highest BCUT2D eigenvalue weighted by Crippen LogP contribution is 2.14. The van der Waals surface area contributed by atoms with Gasteiger partial charge < -0.3 is 14.7 Å². The number of aryl methyl sites for hydroxylation is 3. The van der Waals surface area contributed by atoms with Crippen molar-refractivity contribution in [2.75, 3.05) is 19.7 Å². The number of nitrogens with zero attached hydrogens (tertiary/aromatic N) is 1. The van der Waals surface area contributed by atoms with E-state index < -0.39 is 12.1 Å². The van der Waals surface area contributed by atoms with Gasteiger partial charge in [-0.3, -0.25) is 4.79 Å². The van der Waals surface area contributed by atoms with Crippen LogP contribution in [0.3, 0.4) is 0 Å². The van der Waals surface area contributed by atoms with Gasteiger partial charge in [0.15, 0.2) is 6.10 Å². The molecule has 5 nitrogen and oxygen atoms in total. The van der Waals surface area contributed by atoms with E-state index in [1.54, 1.807) is 4.90 Å². The number of ether oxygens (including phenoxy) is 1. The lowest BCUT2D eigenvalue weighted by molar-refractivity contribution is -0.159. The van der Waals surface area contributed by atoms with E-state index in [0.717, 1.165) is 5.56 Å². The maximum Gasteiger partial charge on any atom is 0.334 e. The van der Waals surface area contributed by atoms with E-state index in [9.17, 15) is 9.59 Å². The summed E-state index contributed by atoms with van der Waals surface area (Å²) in [6.07, 6.45) is 0.180. The van der Waals surface area contributed by atoms with Gasteiger partial charge in [0.05, 0.1) is 13.2 Å². The second-order valence-electron chi connectivity index (χ2n) is 5.47. The van der Waals surface area contributed by atoms with Gasteiger partial charge in [-0.1, -0.05) is 23.8 Å². The van der Waals surface area contributed by atoms with Crippen molar-refractivity contribution in [3.8, 4) is 0 Å². The molecular weight excluding hydrogens is 270 g/mol. The molecular formula is C16H21NO4. The van der Waals surface area contributed by atoms with E-state index in [1.807, 2.05) is 19.9 Å². The second kappa shape index (κ2) is 6.72. The molecule has 0 bridgehead atoms. The monoisotopic (exact) mass is 291 g/mol. The molecule has 0 aliphatic carbocycles. The van der Waals surface area contributed by atoms with E-state index in [2.05, 4.69) is 12.1 Å². The summed E-state index contributed by atoms with van der Waals surface area (Å²) < 4.78 is 5.12. The molecule has 1 aliphatic heterocycles. The molecule has 1 atom stereocenters. The van der Waals surface area contributed by atoms with E-state index in [-0.39, 0.29) is 19.1 Å². The zero-order chi connectivity index (χ0) is 15.4. The first-order valence-electron chi connectivity index (χ1n) is 7.15. The third-order valence-electron chi connectivity index (χ3n) is 3.80. The average molecular weight is 291 g/mol. The SMILES string of the molecule is Cc1ccc(CCC(=O)N2CCO[C@@H](C(=O)O)C2)c(C)c1. The van der Waals surface area contributed by atoms with Crippen LogP contribution in [0.1, 0.15) is 23.1 Å². The summed E-state index contributed by atoms with van der Waals surface area (Å²) in [5.74, 6) is -1.02. The van der Waals surface area contributed by atoms with Gasteiger partial charge in [-0.15, -0.1) is 0 Å². The Balaban J connectivity index is 1.90. The normalized spacial score (nSPS) is 18.6. The summed E-state index contributed by atoms with van der Waals surface area (Å²) in [6, 6.07) is 6.20. The highest BCUT2D eigenvalue weighted by Gasteiger charge is 2.28. The third-order valence-corrected chi connectivity index (χ3v) is 3.80. The molecule has 0 spiro atoms. The minimum atomic E-state index is -1.01. The lowest BCUT2D eigenvalue weighted by atomic mass is 10.0. The van der Waals surface area contributed by atoms with Gasteiger partial charge in [0.25, 0.3) is 0 Å². The van der Waals surface area contributed by atoms with Crippen LogP contribution in [0, 0.1) is 13.8 Å². The molecule has 1 aromatic carbocycles. The molecule has 114 valence electrons. The van der Waals surface area contributed by atoms with Crippen molar-refractivity contribution in [2.24, 2.45) is 0 Å². The van der Waals surface area contributed by atoms with E-state index in [1.165, 1.54) is 11.1 Å². The van der Waals surface area contributed by atoms with Crippen LogP contribution in [0.5, 0.6) is 0 Å². The molecule has 1 aliphatic rings. The zero-order valence-electron chi connectivity index (χ0n) is 12.5. The fraction of sp³-hybridized carbons (Fsp3) is 0.500. The van der Waals surface area contributed by atoms with Crippen LogP contribution in [-0.4, -0.2) is 47.7 Å². The van der Waals surface area contributed by atoms with E-state index in [0.29, 0.717) is 19.4 Å². The van der Waals surface area contributed by atoms with Crippen molar-refractivity contribution >= 4 is 11.9 Å². The minimum Gasteiger partial charge on any atom is -0.479 e. The number of aliphatic carboxylic acids is 1. The third kappa shape index (κ3) is 4.04. The van der Waals surface area contributed by atoms with Gasteiger partial charge in [0.1, 0.15) is 0 Å². The van der Waals surface area contributed by atoms with Crippen LogP contribution in [0.15, 0.2) is 18.2 Å². The van der Waals surface area contributed by atoms with Crippen LogP contribution in [0.2, 0.25) is 0 Å². The first kappa shape index (κ1) is 15.5. The molecule has 2 rings (SSSR count). The van der Waals surface area contributed by atoms with E-state index in [4.69, 9.17) is 9.84 Å². The standard InChI is InChI=1S/C16H21NO4/c1-11-3-4-13(12(2)9-11)5-6-15(18)17-7-8-21-14(10-17)16(19)20/h3-4,9,14H,5-8,10H2,1-2H3,(H,19,20)/t14-/m1/s1. The number of carbonyl (C=O) groups excluding carboxylic acids is 1. The Bertz CT molecular complexity index is 541. The first-order valence-corrected chi connectivity index (χ1v) is 7.15. The quantitative estimate of drug-likeness (QED) is 0.914. The summed E-state index contributed by atoms with van der Waals surface area (Å²) >= 11 is 0. The number of rotatable bonds is 4. The summed E-state index contributed by atoms with van der Waals surface area (Å²) in [5, 5.41) is 8.95. The number of carboxylic acids is 1. The number of carbonyl (C=O) groups is 2. The predicted molar refractivity (Wildman–Crippen MR) is 78.2 cm³/mol. The van der Waals surface area contributed by atoms with Crippen molar-refractivity contribution in [2.45, 2.75) is 32.8 Å². The number of hydrogen-bond donors (Lipinski definition) is 1. The molecule has 1 amide bonds. The smallest absolute Gasteiger partial charge is 0.334 e. The minimum absolute atomic E-state index is 0.00970. The Kier molecular flexibility index (Phi) is 4.96. The van der Waals surface area contributed by atoms with Crippen LogP contribution >= 0.6 is 0 Å². The Morgan fingerprint density at radius 2 is 2.14 bits per heavy atom. The Morgan fingerprint density at radius 3 is 2.81 bits per heavy atom. The van der Waals surface area contributed by atoms with Gasteiger partial charge >= 0.3 is 5.97 Å². The number of morpholine rings is 1. The van der Waals surface area contributed by atoms with Crippen molar-refractivity contribution in [3.63, 3.8) is 0 Å². The predicted octanol–water partition coefficient (Wildman–Crippen LogP) is 1.55. The maximum atomic E-state index is 12.2. The molecule has 1 aromatic rings. The van der Waals surface area contributed by atoms with Crippen molar-refractivity contribution in [1.29, 1.82) is 0 Å². The molecule has 21 heavy (non-hydrogen) atoms. The number of carboxylic acid groups (broad SMARTS) is 1. The van der Waals surface area contributed by atoms with Crippen LogP contribution in [0.25, 0.3) is 0 Å². The number of amides is 1. The van der Waals surface area contributed by atoms with Gasteiger partial charge in [0.2, 0.25) is 5.91 Å². The fourth-order valence-electron chi connectivity index (χ4n) is 2.55. The van der Waals surface area contributed by atoms with Crippen molar-refractivity contribution in [3.05, 3.63) is 34.9 Å². The lowest BCUT2D eigenvalue weighted by Gasteiger charge is -2.31. The largest absolute Gasteiger partial charge is 0.479 e. The van der Waals surface area contributed by atoms with Gasteiger partial charge in [-0.25, -0.2) is 4.79 Å². The lowest BCUT2D eigenvalue weighted by Crippen LogP contribution is -2.48. The van der Waals surface area contributed by atoms with Gasteiger partial charge in [-0.05, 0) is 31.4 Å². The molecule has 0 unspecified atom stereocenters. The van der Waals surface area contributed by atoms with E-state index >= 15 is 0 Å². The molecule has 0 saturated carbocycles. The van der Waals surface area contributed by atoms with Crippen molar-refractivity contribution < 1.29 is 19.4 Å². The van der Waals surface area contributed by atoms with Gasteiger partial charge in [-0.2, -0.15) is 0 Å². The summed E-state index contributed by atoms with van der Waals surface area (Å²) in [6.45, 7) is 4.98. The molecule has 5 heteroatoms. The Morgan fingerprint density at radius 1 is 1.38 bits per heavy atom. The van der Waals surface area contributed by atoms with Crippen LogP contribution < -0.4 is 0 Å². The highest BCUT2D eigenvalue weighted by molar-refractivity contribution is 5.79. The van der Waals surface area contributed by atoms with Crippen LogP contribution in [-0.2, 0) is 20.7 Å². The molecule has 1 heterocycles. The molecule has 0 radical (unpaired) electrons. The Labute approximate surface area is 124 Å². The summed E-state index contributed by atoms with van der Waals surface area (Å²) in [7, 11) is 0. The topological polar surface area (TPSA) is 66.8 Å². The number of benzene rings is 1. The number of hydrogen-bond acceptors (Lipinski definition) is 3. The second-order valence-corrected chi connectivity index (χ2v) is 5.47. The first-order chi connectivity index (χ1) is 9.97. The van der Waals surface area contributed by atoms with Gasteiger partial charge in [0, 0.05) is 13.0 Å². The molecule has 1 saturated heterocycles. The van der Waals surface area contributed by atoms with Crippen LogP contribution in [0.4, 0.5) is 0 Å². The maximum absolute atomic E-state index is 12.2. The fourth-order valence-corrected chi connectivity index (χ4v) is 2.55. The molecule has 1 N–H and O–H groups in total.